The smallest absolute Gasteiger partial charge is 0.227 e. The minimum absolute atomic E-state index is 0.0880. The highest BCUT2D eigenvalue weighted by Gasteiger charge is 2.34. The molecule has 0 aliphatic heterocycles. The Hall–Kier alpha value is -1.43. The summed E-state index contributed by atoms with van der Waals surface area (Å²) in [6, 6.07) is 7.13. The van der Waals surface area contributed by atoms with Crippen molar-refractivity contribution < 1.29 is 13.2 Å². The molecule has 20 heavy (non-hydrogen) atoms. The van der Waals surface area contributed by atoms with E-state index in [2.05, 4.69) is 25.9 Å². The molecule has 1 fully saturated rings. The van der Waals surface area contributed by atoms with Gasteiger partial charge in [-0.25, -0.2) is 9.97 Å². The van der Waals surface area contributed by atoms with Crippen LogP contribution < -0.4 is 0 Å². The first-order chi connectivity index (χ1) is 9.45. The molecule has 3 rings (SSSR count). The van der Waals surface area contributed by atoms with E-state index >= 15 is 0 Å². The standard InChI is InChI=1S/C14H10BrF3N2/c15-13-19-11(8-5-6-8)7-12(20-13)9-3-1-2-4-10(9)14(16,17)18/h1-4,7-8H,5-6H2. The van der Waals surface area contributed by atoms with Crippen molar-refractivity contribution in [1.29, 1.82) is 0 Å². The Kier molecular flexibility index (Phi) is 3.28. The van der Waals surface area contributed by atoms with Gasteiger partial charge in [-0.15, -0.1) is 0 Å². The van der Waals surface area contributed by atoms with Crippen LogP contribution in [0.4, 0.5) is 13.2 Å². The van der Waals surface area contributed by atoms with Crippen LogP contribution in [0.3, 0.4) is 0 Å². The predicted molar refractivity (Wildman–Crippen MR) is 72.1 cm³/mol. The van der Waals surface area contributed by atoms with Gasteiger partial charge in [-0.2, -0.15) is 13.2 Å². The summed E-state index contributed by atoms with van der Waals surface area (Å²) in [4.78, 5) is 8.33. The summed E-state index contributed by atoms with van der Waals surface area (Å²) >= 11 is 3.18. The molecule has 0 saturated heterocycles. The van der Waals surface area contributed by atoms with Crippen molar-refractivity contribution >= 4 is 15.9 Å². The molecule has 0 N–H and O–H groups in total. The topological polar surface area (TPSA) is 25.8 Å². The van der Waals surface area contributed by atoms with Crippen molar-refractivity contribution in [2.75, 3.05) is 0 Å². The third-order valence-electron chi connectivity index (χ3n) is 3.22. The normalized spacial score (nSPS) is 15.4. The second-order valence-electron chi connectivity index (χ2n) is 4.76. The van der Waals surface area contributed by atoms with E-state index in [0.717, 1.165) is 24.6 Å². The summed E-state index contributed by atoms with van der Waals surface area (Å²) in [7, 11) is 0. The maximum atomic E-state index is 13.1. The zero-order valence-electron chi connectivity index (χ0n) is 10.3. The van der Waals surface area contributed by atoms with Gasteiger partial charge in [0.05, 0.1) is 11.3 Å². The molecule has 0 atom stereocenters. The van der Waals surface area contributed by atoms with E-state index in [1.54, 1.807) is 12.1 Å². The van der Waals surface area contributed by atoms with Gasteiger partial charge in [0.15, 0.2) is 4.73 Å². The van der Waals surface area contributed by atoms with Crippen LogP contribution >= 0.6 is 15.9 Å². The van der Waals surface area contributed by atoms with Crippen molar-refractivity contribution in [3.63, 3.8) is 0 Å². The third kappa shape index (κ3) is 2.70. The summed E-state index contributed by atoms with van der Waals surface area (Å²) in [5.74, 6) is 0.353. The van der Waals surface area contributed by atoms with Gasteiger partial charge in [0.1, 0.15) is 0 Å². The molecule has 1 heterocycles. The lowest BCUT2D eigenvalue weighted by atomic mass is 10.0. The minimum atomic E-state index is -4.40. The van der Waals surface area contributed by atoms with Crippen LogP contribution in [-0.2, 0) is 6.18 Å². The minimum Gasteiger partial charge on any atom is -0.227 e. The Labute approximate surface area is 122 Å². The van der Waals surface area contributed by atoms with Gasteiger partial charge < -0.3 is 0 Å². The van der Waals surface area contributed by atoms with E-state index in [4.69, 9.17) is 0 Å². The van der Waals surface area contributed by atoms with Crippen LogP contribution in [0.15, 0.2) is 35.1 Å². The van der Waals surface area contributed by atoms with Crippen LogP contribution in [0.5, 0.6) is 0 Å². The van der Waals surface area contributed by atoms with Crippen LogP contribution in [0.2, 0.25) is 0 Å². The van der Waals surface area contributed by atoms with E-state index in [0.29, 0.717) is 16.3 Å². The number of benzene rings is 1. The monoisotopic (exact) mass is 342 g/mol. The zero-order chi connectivity index (χ0) is 14.3. The van der Waals surface area contributed by atoms with Crippen LogP contribution in [0, 0.1) is 0 Å². The quantitative estimate of drug-likeness (QED) is 0.732. The molecule has 0 bridgehead atoms. The van der Waals surface area contributed by atoms with Crippen molar-refractivity contribution in [2.24, 2.45) is 0 Å². The SMILES string of the molecule is FC(F)(F)c1ccccc1-c1cc(C2CC2)nc(Br)n1. The lowest BCUT2D eigenvalue weighted by molar-refractivity contribution is -0.137. The van der Waals surface area contributed by atoms with Gasteiger partial charge in [-0.1, -0.05) is 18.2 Å². The Balaban J connectivity index is 2.13. The Morgan fingerprint density at radius 2 is 1.80 bits per heavy atom. The number of halogens is 4. The molecule has 2 aromatic rings. The highest BCUT2D eigenvalue weighted by atomic mass is 79.9. The lowest BCUT2D eigenvalue weighted by Gasteiger charge is -2.13. The fourth-order valence-electron chi connectivity index (χ4n) is 2.12. The second-order valence-corrected chi connectivity index (χ2v) is 5.47. The maximum absolute atomic E-state index is 13.1. The highest BCUT2D eigenvalue weighted by Crippen LogP contribution is 2.41. The fourth-order valence-corrected chi connectivity index (χ4v) is 2.51. The summed E-state index contributed by atoms with van der Waals surface area (Å²) in [5.41, 5.74) is 0.526. The van der Waals surface area contributed by atoms with Crippen molar-refractivity contribution in [3.05, 3.63) is 46.3 Å². The van der Waals surface area contributed by atoms with E-state index in [-0.39, 0.29) is 5.56 Å². The van der Waals surface area contributed by atoms with Gasteiger partial charge in [0.25, 0.3) is 0 Å². The first-order valence-electron chi connectivity index (χ1n) is 6.16. The maximum Gasteiger partial charge on any atom is 0.417 e. The zero-order valence-corrected chi connectivity index (χ0v) is 11.9. The second kappa shape index (κ2) is 4.84. The number of alkyl halides is 3. The molecule has 1 aliphatic rings. The molecule has 104 valence electrons. The molecular formula is C14H10BrF3N2. The molecule has 0 amide bonds. The Bertz CT molecular complexity index is 651. The highest BCUT2D eigenvalue weighted by molar-refractivity contribution is 9.10. The number of hydrogen-bond acceptors (Lipinski definition) is 2. The summed E-state index contributed by atoms with van der Waals surface area (Å²) < 4.78 is 39.5. The average molecular weight is 343 g/mol. The summed E-state index contributed by atoms with van der Waals surface area (Å²) in [5, 5.41) is 0. The van der Waals surface area contributed by atoms with Crippen molar-refractivity contribution in [3.8, 4) is 11.3 Å². The Morgan fingerprint density at radius 1 is 1.10 bits per heavy atom. The van der Waals surface area contributed by atoms with Gasteiger partial charge in [-0.05, 0) is 40.9 Å². The first-order valence-corrected chi connectivity index (χ1v) is 6.95. The third-order valence-corrected chi connectivity index (χ3v) is 3.58. The largest absolute Gasteiger partial charge is 0.417 e. The molecule has 6 heteroatoms. The van der Waals surface area contributed by atoms with Crippen LogP contribution in [0.1, 0.15) is 30.0 Å². The molecular weight excluding hydrogens is 333 g/mol. The van der Waals surface area contributed by atoms with E-state index in [1.165, 1.54) is 12.1 Å². The van der Waals surface area contributed by atoms with Crippen molar-refractivity contribution in [1.82, 2.24) is 9.97 Å². The van der Waals surface area contributed by atoms with Gasteiger partial charge in [0.2, 0.25) is 0 Å². The van der Waals surface area contributed by atoms with Gasteiger partial charge in [-0.3, -0.25) is 0 Å². The number of nitrogens with zero attached hydrogens (tertiary/aromatic N) is 2. The molecule has 1 aromatic carbocycles. The fraction of sp³-hybridized carbons (Fsp3) is 0.286. The van der Waals surface area contributed by atoms with Crippen LogP contribution in [0.25, 0.3) is 11.3 Å². The molecule has 1 aliphatic carbocycles. The number of rotatable bonds is 2. The lowest BCUT2D eigenvalue weighted by Crippen LogP contribution is -2.07. The predicted octanol–water partition coefficient (Wildman–Crippen LogP) is 4.80. The van der Waals surface area contributed by atoms with Crippen LogP contribution in [-0.4, -0.2) is 9.97 Å². The number of aromatic nitrogens is 2. The molecule has 0 radical (unpaired) electrons. The van der Waals surface area contributed by atoms with Gasteiger partial charge in [0, 0.05) is 17.2 Å². The molecule has 0 unspecified atom stereocenters. The van der Waals surface area contributed by atoms with E-state index < -0.39 is 11.7 Å². The molecule has 2 nitrogen and oxygen atoms in total. The first kappa shape index (κ1) is 13.5. The van der Waals surface area contributed by atoms with Crippen molar-refractivity contribution in [2.45, 2.75) is 24.9 Å². The molecule has 0 spiro atoms. The average Bonchev–Trinajstić information content (AvgIpc) is 3.21. The number of hydrogen-bond donors (Lipinski definition) is 0. The van der Waals surface area contributed by atoms with Gasteiger partial charge >= 0.3 is 6.18 Å². The Morgan fingerprint density at radius 3 is 2.45 bits per heavy atom. The molecule has 1 saturated carbocycles. The van der Waals surface area contributed by atoms with E-state index in [9.17, 15) is 13.2 Å². The van der Waals surface area contributed by atoms with E-state index in [1.807, 2.05) is 0 Å². The summed E-state index contributed by atoms with van der Waals surface area (Å²) in [6.45, 7) is 0. The summed E-state index contributed by atoms with van der Waals surface area (Å²) in [6.07, 6.45) is -2.33. The molecule has 1 aromatic heterocycles.